The van der Waals surface area contributed by atoms with Crippen molar-refractivity contribution in [2.45, 2.75) is 6.92 Å². The lowest BCUT2D eigenvalue weighted by Crippen LogP contribution is -2.20. The molecular weight excluding hydrogens is 461 g/mol. The molecule has 1 amide bonds. The molecule has 27 heavy (non-hydrogen) atoms. The fraction of sp³-hybridized carbons (Fsp3) is 0.200. The van der Waals surface area contributed by atoms with Crippen LogP contribution in [0, 0.1) is 10.5 Å². The third-order valence-electron chi connectivity index (χ3n) is 3.63. The third-order valence-corrected chi connectivity index (χ3v) is 4.30. The topological polar surface area (TPSA) is 73.9 Å². The number of hydrogen-bond donors (Lipinski definition) is 1. The van der Waals surface area contributed by atoms with Gasteiger partial charge >= 0.3 is 5.97 Å². The highest BCUT2D eigenvalue weighted by molar-refractivity contribution is 14.1. The molecule has 7 heteroatoms. The Hall–Kier alpha value is -2.55. The zero-order chi connectivity index (χ0) is 19.8. The van der Waals surface area contributed by atoms with Gasteiger partial charge in [-0.15, -0.1) is 0 Å². The summed E-state index contributed by atoms with van der Waals surface area (Å²) in [5.41, 5.74) is 2.37. The number of aryl methyl sites for hydroxylation is 1. The van der Waals surface area contributed by atoms with E-state index in [4.69, 9.17) is 14.2 Å². The molecule has 0 saturated heterocycles. The zero-order valence-corrected chi connectivity index (χ0v) is 17.4. The molecule has 1 N–H and O–H groups in total. The van der Waals surface area contributed by atoms with Gasteiger partial charge in [-0.2, -0.15) is 0 Å². The van der Waals surface area contributed by atoms with Gasteiger partial charge in [0.1, 0.15) is 0 Å². The quantitative estimate of drug-likeness (QED) is 0.370. The first-order valence-corrected chi connectivity index (χ1v) is 9.13. The minimum Gasteiger partial charge on any atom is -0.493 e. The van der Waals surface area contributed by atoms with E-state index in [2.05, 4.69) is 27.9 Å². The van der Waals surface area contributed by atoms with E-state index < -0.39 is 11.9 Å². The lowest BCUT2D eigenvalue weighted by Gasteiger charge is -2.09. The molecule has 0 aliphatic rings. The number of nitrogens with one attached hydrogen (secondary N) is 1. The number of hydrogen-bond acceptors (Lipinski definition) is 5. The van der Waals surface area contributed by atoms with Crippen LogP contribution < -0.4 is 14.8 Å². The number of carbonyl (C=O) groups is 2. The first-order valence-electron chi connectivity index (χ1n) is 8.06. The normalized spacial score (nSPS) is 10.5. The Labute approximate surface area is 171 Å². The lowest BCUT2D eigenvalue weighted by atomic mass is 10.2. The van der Waals surface area contributed by atoms with Gasteiger partial charge in [0.2, 0.25) is 0 Å². The van der Waals surface area contributed by atoms with Crippen molar-refractivity contribution in [3.63, 3.8) is 0 Å². The smallest absolute Gasteiger partial charge is 0.331 e. The van der Waals surface area contributed by atoms with Crippen molar-refractivity contribution >= 4 is 46.2 Å². The Morgan fingerprint density at radius 2 is 1.81 bits per heavy atom. The van der Waals surface area contributed by atoms with Gasteiger partial charge in [0.25, 0.3) is 5.91 Å². The van der Waals surface area contributed by atoms with E-state index in [1.807, 2.05) is 25.1 Å². The summed E-state index contributed by atoms with van der Waals surface area (Å²) in [6, 6.07) is 10.9. The second kappa shape index (κ2) is 9.96. The standard InChI is InChI=1S/C20H20INO5/c1-13-10-15(21)6-7-16(13)22-19(23)12-27-20(24)9-5-14-4-8-17(25-2)18(11-14)26-3/h4-11H,12H2,1-3H3,(H,22,23)/b9-5+. The summed E-state index contributed by atoms with van der Waals surface area (Å²) in [5, 5.41) is 2.72. The summed E-state index contributed by atoms with van der Waals surface area (Å²) in [7, 11) is 3.08. The minimum atomic E-state index is -0.612. The molecule has 2 rings (SSSR count). The molecule has 0 unspecified atom stereocenters. The first kappa shape index (κ1) is 20.8. The molecule has 6 nitrogen and oxygen atoms in total. The van der Waals surface area contributed by atoms with Crippen LogP contribution >= 0.6 is 22.6 Å². The second-order valence-electron chi connectivity index (χ2n) is 5.56. The number of carbonyl (C=O) groups excluding carboxylic acids is 2. The summed E-state index contributed by atoms with van der Waals surface area (Å²) < 4.78 is 16.4. The summed E-state index contributed by atoms with van der Waals surface area (Å²) in [5.74, 6) is 0.145. The van der Waals surface area contributed by atoms with Crippen LogP contribution in [0.15, 0.2) is 42.5 Å². The first-order chi connectivity index (χ1) is 12.9. The van der Waals surface area contributed by atoms with Gasteiger partial charge in [0, 0.05) is 15.3 Å². The largest absolute Gasteiger partial charge is 0.493 e. The molecule has 0 fully saturated rings. The van der Waals surface area contributed by atoms with E-state index in [9.17, 15) is 9.59 Å². The number of ether oxygens (including phenoxy) is 3. The molecule has 0 bridgehead atoms. The Bertz CT molecular complexity index is 863. The van der Waals surface area contributed by atoms with E-state index in [0.717, 1.165) is 14.7 Å². The van der Waals surface area contributed by atoms with Crippen molar-refractivity contribution in [3.8, 4) is 11.5 Å². The van der Waals surface area contributed by atoms with E-state index >= 15 is 0 Å². The Morgan fingerprint density at radius 3 is 2.48 bits per heavy atom. The monoisotopic (exact) mass is 481 g/mol. The Balaban J connectivity index is 1.88. The number of esters is 1. The maximum Gasteiger partial charge on any atom is 0.331 e. The van der Waals surface area contributed by atoms with Gasteiger partial charge in [-0.3, -0.25) is 4.79 Å². The average molecular weight is 481 g/mol. The van der Waals surface area contributed by atoms with Crippen molar-refractivity contribution in [3.05, 3.63) is 57.2 Å². The van der Waals surface area contributed by atoms with Crippen LogP contribution in [0.3, 0.4) is 0 Å². The van der Waals surface area contributed by atoms with Crippen molar-refractivity contribution in [2.75, 3.05) is 26.1 Å². The molecule has 0 aromatic heterocycles. The van der Waals surface area contributed by atoms with Crippen molar-refractivity contribution < 1.29 is 23.8 Å². The molecule has 0 aliphatic heterocycles. The van der Waals surface area contributed by atoms with E-state index in [0.29, 0.717) is 17.2 Å². The molecule has 0 aliphatic carbocycles. The van der Waals surface area contributed by atoms with Gasteiger partial charge in [-0.05, 0) is 77.0 Å². The fourth-order valence-corrected chi connectivity index (χ4v) is 2.91. The zero-order valence-electron chi connectivity index (χ0n) is 15.2. The van der Waals surface area contributed by atoms with Crippen molar-refractivity contribution in [1.82, 2.24) is 0 Å². The highest BCUT2D eigenvalue weighted by Gasteiger charge is 2.08. The third kappa shape index (κ3) is 6.28. The van der Waals surface area contributed by atoms with Crippen LogP contribution in [0.25, 0.3) is 6.08 Å². The van der Waals surface area contributed by atoms with E-state index in [1.54, 1.807) is 31.4 Å². The van der Waals surface area contributed by atoms with Gasteiger partial charge in [-0.25, -0.2) is 4.79 Å². The maximum atomic E-state index is 11.9. The van der Waals surface area contributed by atoms with Crippen LogP contribution in [-0.4, -0.2) is 32.7 Å². The minimum absolute atomic E-state index is 0.361. The molecule has 142 valence electrons. The van der Waals surface area contributed by atoms with Crippen LogP contribution in [0.5, 0.6) is 11.5 Å². The summed E-state index contributed by atoms with van der Waals surface area (Å²) in [4.78, 5) is 23.8. The molecular formula is C20H20INO5. The summed E-state index contributed by atoms with van der Waals surface area (Å²) >= 11 is 2.20. The SMILES string of the molecule is COc1ccc(/C=C/C(=O)OCC(=O)Nc2ccc(I)cc2C)cc1OC. The highest BCUT2D eigenvalue weighted by atomic mass is 127. The van der Waals surface area contributed by atoms with Crippen molar-refractivity contribution in [1.29, 1.82) is 0 Å². The van der Waals surface area contributed by atoms with Crippen LogP contribution in [0.2, 0.25) is 0 Å². The molecule has 2 aromatic rings. The summed E-state index contributed by atoms with van der Waals surface area (Å²) in [6.07, 6.45) is 2.83. The fourth-order valence-electron chi connectivity index (χ4n) is 2.26. The Morgan fingerprint density at radius 1 is 1.07 bits per heavy atom. The molecule has 0 saturated carbocycles. The number of benzene rings is 2. The predicted molar refractivity (Wildman–Crippen MR) is 112 cm³/mol. The van der Waals surface area contributed by atoms with Crippen molar-refractivity contribution in [2.24, 2.45) is 0 Å². The van der Waals surface area contributed by atoms with Crippen LogP contribution in [0.1, 0.15) is 11.1 Å². The predicted octanol–water partition coefficient (Wildman–Crippen LogP) is 3.81. The van der Waals surface area contributed by atoms with Gasteiger partial charge in [-0.1, -0.05) is 6.07 Å². The van der Waals surface area contributed by atoms with Crippen LogP contribution in [0.4, 0.5) is 5.69 Å². The number of amides is 1. The van der Waals surface area contributed by atoms with Gasteiger partial charge in [0.15, 0.2) is 18.1 Å². The number of halogens is 1. The maximum absolute atomic E-state index is 11.9. The molecule has 0 spiro atoms. The number of rotatable bonds is 7. The highest BCUT2D eigenvalue weighted by Crippen LogP contribution is 2.27. The second-order valence-corrected chi connectivity index (χ2v) is 6.81. The molecule has 2 aromatic carbocycles. The Kier molecular flexibility index (Phi) is 7.66. The molecule has 0 radical (unpaired) electrons. The average Bonchev–Trinajstić information content (AvgIpc) is 2.66. The molecule has 0 heterocycles. The lowest BCUT2D eigenvalue weighted by molar-refractivity contribution is -0.142. The molecule has 0 atom stereocenters. The van der Waals surface area contributed by atoms with E-state index in [1.165, 1.54) is 13.2 Å². The van der Waals surface area contributed by atoms with Crippen LogP contribution in [-0.2, 0) is 14.3 Å². The summed E-state index contributed by atoms with van der Waals surface area (Å²) in [6.45, 7) is 1.54. The number of methoxy groups -OCH3 is 2. The van der Waals surface area contributed by atoms with Gasteiger partial charge < -0.3 is 19.5 Å². The number of anilines is 1. The van der Waals surface area contributed by atoms with Gasteiger partial charge in [0.05, 0.1) is 14.2 Å². The van der Waals surface area contributed by atoms with E-state index in [-0.39, 0.29) is 6.61 Å².